The molecule has 1 aromatic carbocycles. The van der Waals surface area contributed by atoms with Gasteiger partial charge < -0.3 is 15.8 Å². The highest BCUT2D eigenvalue weighted by Crippen LogP contribution is 2.27. The SMILES string of the molecule is CC1(C(=O)NCc2cc(Br)ccc2F)COCC1N. The van der Waals surface area contributed by atoms with Crippen LogP contribution in [0.4, 0.5) is 4.39 Å². The van der Waals surface area contributed by atoms with Crippen LogP contribution < -0.4 is 11.1 Å². The van der Waals surface area contributed by atoms with E-state index in [2.05, 4.69) is 21.2 Å². The number of hydrogen-bond acceptors (Lipinski definition) is 3. The quantitative estimate of drug-likeness (QED) is 0.884. The minimum atomic E-state index is -0.748. The molecule has 2 atom stereocenters. The first-order valence-corrected chi connectivity index (χ1v) is 6.78. The molecule has 4 nitrogen and oxygen atoms in total. The molecule has 2 unspecified atom stereocenters. The molecule has 2 rings (SSSR count). The van der Waals surface area contributed by atoms with Crippen LogP contribution in [0.1, 0.15) is 12.5 Å². The van der Waals surface area contributed by atoms with E-state index in [1.54, 1.807) is 19.1 Å². The Hall–Kier alpha value is -0.980. The van der Waals surface area contributed by atoms with Crippen LogP contribution >= 0.6 is 15.9 Å². The van der Waals surface area contributed by atoms with Gasteiger partial charge in [0.05, 0.1) is 18.6 Å². The van der Waals surface area contributed by atoms with Gasteiger partial charge in [0.25, 0.3) is 0 Å². The molecule has 0 bridgehead atoms. The number of nitrogens with two attached hydrogens (primary N) is 1. The van der Waals surface area contributed by atoms with Crippen molar-refractivity contribution >= 4 is 21.8 Å². The molecule has 6 heteroatoms. The number of carbonyl (C=O) groups is 1. The maximum Gasteiger partial charge on any atom is 0.230 e. The molecule has 3 N–H and O–H groups in total. The first-order valence-electron chi connectivity index (χ1n) is 5.99. The van der Waals surface area contributed by atoms with Crippen LogP contribution in [0.2, 0.25) is 0 Å². The summed E-state index contributed by atoms with van der Waals surface area (Å²) in [5.74, 6) is -0.558. The summed E-state index contributed by atoms with van der Waals surface area (Å²) in [6, 6.07) is 4.28. The molecule has 0 aromatic heterocycles. The average Bonchev–Trinajstić information content (AvgIpc) is 2.71. The van der Waals surface area contributed by atoms with Crippen molar-refractivity contribution in [3.63, 3.8) is 0 Å². The lowest BCUT2D eigenvalue weighted by Gasteiger charge is -2.25. The normalized spacial score (nSPS) is 26.4. The summed E-state index contributed by atoms with van der Waals surface area (Å²) in [4.78, 5) is 12.1. The zero-order chi connectivity index (χ0) is 14.0. The predicted molar refractivity (Wildman–Crippen MR) is 72.8 cm³/mol. The van der Waals surface area contributed by atoms with E-state index in [0.717, 1.165) is 4.47 Å². The molecule has 1 amide bonds. The average molecular weight is 331 g/mol. The molecular formula is C13H16BrFN2O2. The van der Waals surface area contributed by atoms with Crippen molar-refractivity contribution in [1.82, 2.24) is 5.32 Å². The fourth-order valence-corrected chi connectivity index (χ4v) is 2.39. The molecule has 0 saturated carbocycles. The highest BCUT2D eigenvalue weighted by Gasteiger charge is 2.44. The van der Waals surface area contributed by atoms with Crippen molar-refractivity contribution in [1.29, 1.82) is 0 Å². The van der Waals surface area contributed by atoms with E-state index in [0.29, 0.717) is 18.8 Å². The topological polar surface area (TPSA) is 64.3 Å². The fourth-order valence-electron chi connectivity index (χ4n) is 1.98. The van der Waals surface area contributed by atoms with Gasteiger partial charge >= 0.3 is 0 Å². The summed E-state index contributed by atoms with van der Waals surface area (Å²) in [7, 11) is 0. The van der Waals surface area contributed by atoms with E-state index < -0.39 is 5.41 Å². The summed E-state index contributed by atoms with van der Waals surface area (Å²) in [6.45, 7) is 2.56. The summed E-state index contributed by atoms with van der Waals surface area (Å²) in [5.41, 5.74) is 5.55. The van der Waals surface area contributed by atoms with Gasteiger partial charge in [-0.1, -0.05) is 15.9 Å². The van der Waals surface area contributed by atoms with E-state index in [4.69, 9.17) is 10.5 Å². The smallest absolute Gasteiger partial charge is 0.230 e. The van der Waals surface area contributed by atoms with Gasteiger partial charge in [-0.05, 0) is 25.1 Å². The van der Waals surface area contributed by atoms with Gasteiger partial charge in [0.1, 0.15) is 5.82 Å². The summed E-state index contributed by atoms with van der Waals surface area (Å²) in [5, 5.41) is 2.72. The van der Waals surface area contributed by atoms with Gasteiger partial charge in [-0.25, -0.2) is 4.39 Å². The molecule has 0 radical (unpaired) electrons. The largest absolute Gasteiger partial charge is 0.379 e. The minimum absolute atomic E-state index is 0.131. The highest BCUT2D eigenvalue weighted by atomic mass is 79.9. The highest BCUT2D eigenvalue weighted by molar-refractivity contribution is 9.10. The van der Waals surface area contributed by atoms with Crippen LogP contribution in [0.25, 0.3) is 0 Å². The second kappa shape index (κ2) is 5.56. The van der Waals surface area contributed by atoms with Gasteiger partial charge in [0.15, 0.2) is 0 Å². The summed E-state index contributed by atoms with van der Waals surface area (Å²) >= 11 is 3.27. The van der Waals surface area contributed by atoms with E-state index in [9.17, 15) is 9.18 Å². The Morgan fingerprint density at radius 3 is 3.05 bits per heavy atom. The Balaban J connectivity index is 2.02. The van der Waals surface area contributed by atoms with E-state index in [1.165, 1.54) is 6.07 Å². The standard InChI is InChI=1S/C13H16BrFN2O2/c1-13(7-19-6-11(13)16)12(18)17-5-8-4-9(14)2-3-10(8)15/h2-4,11H,5-7,16H2,1H3,(H,17,18). The molecule has 0 spiro atoms. The van der Waals surface area contributed by atoms with Crippen LogP contribution in [0.5, 0.6) is 0 Å². The Bertz CT molecular complexity index is 498. The zero-order valence-electron chi connectivity index (χ0n) is 10.6. The lowest BCUT2D eigenvalue weighted by molar-refractivity contribution is -0.130. The number of nitrogens with one attached hydrogen (secondary N) is 1. The fraction of sp³-hybridized carbons (Fsp3) is 0.462. The van der Waals surface area contributed by atoms with Crippen molar-refractivity contribution in [2.24, 2.45) is 11.1 Å². The predicted octanol–water partition coefficient (Wildman–Crippen LogP) is 1.57. The molecule has 104 valence electrons. The zero-order valence-corrected chi connectivity index (χ0v) is 12.2. The Kier molecular flexibility index (Phi) is 4.23. The third-order valence-corrected chi connectivity index (χ3v) is 3.98. The van der Waals surface area contributed by atoms with Crippen molar-refractivity contribution in [3.8, 4) is 0 Å². The molecular weight excluding hydrogens is 315 g/mol. The minimum Gasteiger partial charge on any atom is -0.379 e. The Labute approximate surface area is 119 Å². The third kappa shape index (κ3) is 2.96. The molecule has 19 heavy (non-hydrogen) atoms. The summed E-state index contributed by atoms with van der Waals surface area (Å²) < 4.78 is 19.5. The van der Waals surface area contributed by atoms with E-state index in [-0.39, 0.29) is 24.3 Å². The van der Waals surface area contributed by atoms with Gasteiger partial charge in [0.2, 0.25) is 5.91 Å². The van der Waals surface area contributed by atoms with Crippen LogP contribution in [-0.2, 0) is 16.1 Å². The molecule has 1 fully saturated rings. The number of rotatable bonds is 3. The van der Waals surface area contributed by atoms with Crippen molar-refractivity contribution in [2.45, 2.75) is 19.5 Å². The maximum absolute atomic E-state index is 13.5. The number of amides is 1. The van der Waals surface area contributed by atoms with Crippen molar-refractivity contribution in [2.75, 3.05) is 13.2 Å². The van der Waals surface area contributed by atoms with Crippen LogP contribution in [0.3, 0.4) is 0 Å². The lowest BCUT2D eigenvalue weighted by Crippen LogP contribution is -2.49. The molecule has 1 saturated heterocycles. The second-order valence-corrected chi connectivity index (χ2v) is 5.87. The van der Waals surface area contributed by atoms with Crippen LogP contribution in [0, 0.1) is 11.2 Å². The molecule has 1 heterocycles. The molecule has 1 aromatic rings. The van der Waals surface area contributed by atoms with Crippen molar-refractivity contribution in [3.05, 3.63) is 34.1 Å². The number of hydrogen-bond donors (Lipinski definition) is 2. The van der Waals surface area contributed by atoms with Crippen LogP contribution in [0.15, 0.2) is 22.7 Å². The number of carbonyl (C=O) groups excluding carboxylic acids is 1. The van der Waals surface area contributed by atoms with Crippen LogP contribution in [-0.4, -0.2) is 25.2 Å². The molecule has 1 aliphatic heterocycles. The lowest BCUT2D eigenvalue weighted by atomic mass is 9.85. The van der Waals surface area contributed by atoms with Gasteiger partial charge in [-0.3, -0.25) is 4.79 Å². The number of benzene rings is 1. The maximum atomic E-state index is 13.5. The summed E-state index contributed by atoms with van der Waals surface area (Å²) in [6.07, 6.45) is 0. The van der Waals surface area contributed by atoms with E-state index >= 15 is 0 Å². The molecule has 1 aliphatic rings. The van der Waals surface area contributed by atoms with Gasteiger partial charge in [-0.2, -0.15) is 0 Å². The second-order valence-electron chi connectivity index (χ2n) is 4.96. The van der Waals surface area contributed by atoms with E-state index in [1.807, 2.05) is 0 Å². The third-order valence-electron chi connectivity index (χ3n) is 3.48. The number of ether oxygens (including phenoxy) is 1. The van der Waals surface area contributed by atoms with Gasteiger partial charge in [0, 0.05) is 22.6 Å². The Morgan fingerprint density at radius 1 is 1.68 bits per heavy atom. The first-order chi connectivity index (χ1) is 8.93. The first kappa shape index (κ1) is 14.4. The Morgan fingerprint density at radius 2 is 2.42 bits per heavy atom. The van der Waals surface area contributed by atoms with Gasteiger partial charge in [-0.15, -0.1) is 0 Å². The van der Waals surface area contributed by atoms with Crippen molar-refractivity contribution < 1.29 is 13.9 Å². The molecule has 0 aliphatic carbocycles. The monoisotopic (exact) mass is 330 g/mol. The number of halogens is 2.